The maximum absolute atomic E-state index is 12.5. The Bertz CT molecular complexity index is 860. The molecule has 1 aliphatic rings. The zero-order valence-electron chi connectivity index (χ0n) is 13.8. The first-order valence-electron chi connectivity index (χ1n) is 7.74. The summed E-state index contributed by atoms with van der Waals surface area (Å²) in [6.07, 6.45) is 3.50. The average molecular weight is 311 g/mol. The Hall–Kier alpha value is -2.43. The molecule has 2 unspecified atom stereocenters. The van der Waals surface area contributed by atoms with Crippen LogP contribution in [0.3, 0.4) is 0 Å². The van der Waals surface area contributed by atoms with Crippen LogP contribution < -0.4 is 11.0 Å². The Balaban J connectivity index is 1.86. The highest BCUT2D eigenvalue weighted by atomic mass is 16.2. The summed E-state index contributed by atoms with van der Waals surface area (Å²) >= 11 is 0. The van der Waals surface area contributed by atoms with Crippen LogP contribution in [0.2, 0.25) is 0 Å². The molecule has 5 heteroatoms. The first-order valence-corrected chi connectivity index (χ1v) is 7.74. The van der Waals surface area contributed by atoms with Crippen LogP contribution in [-0.4, -0.2) is 15.6 Å². The molecule has 0 bridgehead atoms. The maximum Gasteiger partial charge on any atom is 0.280 e. The molecule has 1 aromatic heterocycles. The van der Waals surface area contributed by atoms with Crippen LogP contribution in [0.5, 0.6) is 0 Å². The summed E-state index contributed by atoms with van der Waals surface area (Å²) in [6, 6.07) is 7.10. The van der Waals surface area contributed by atoms with E-state index >= 15 is 0 Å². The van der Waals surface area contributed by atoms with E-state index in [-0.39, 0.29) is 28.7 Å². The number of nitrogens with one attached hydrogen (secondary N) is 1. The van der Waals surface area contributed by atoms with Crippen molar-refractivity contribution in [3.05, 3.63) is 52.6 Å². The van der Waals surface area contributed by atoms with Gasteiger partial charge in [-0.3, -0.25) is 15.0 Å². The number of benzene rings is 1. The smallest absolute Gasteiger partial charge is 0.273 e. The number of carbonyl (C=O) groups is 1. The summed E-state index contributed by atoms with van der Waals surface area (Å²) in [5.74, 6) is -0.0657. The standard InChI is InChI=1S/C18H21N3O2/c1-11(2)9-13-15(18(13,3)4)16(22)20-21-10-19-14-8-6-5-7-12(14)17(21)23/h5-10,13,15H,1-4H3,(H,20,22). The Morgan fingerprint density at radius 2 is 2.00 bits per heavy atom. The van der Waals surface area contributed by atoms with Gasteiger partial charge in [-0.25, -0.2) is 9.66 Å². The van der Waals surface area contributed by atoms with E-state index in [0.29, 0.717) is 10.9 Å². The van der Waals surface area contributed by atoms with Gasteiger partial charge in [0.2, 0.25) is 5.91 Å². The second-order valence-corrected chi connectivity index (χ2v) is 6.98. The zero-order chi connectivity index (χ0) is 16.8. The van der Waals surface area contributed by atoms with E-state index in [4.69, 9.17) is 0 Å². The number of carbonyl (C=O) groups excluding carboxylic acids is 1. The summed E-state index contributed by atoms with van der Waals surface area (Å²) in [6.45, 7) is 8.20. The van der Waals surface area contributed by atoms with Crippen LogP contribution >= 0.6 is 0 Å². The number of rotatable bonds is 3. The van der Waals surface area contributed by atoms with E-state index in [2.05, 4.69) is 30.3 Å². The van der Waals surface area contributed by atoms with Crippen molar-refractivity contribution in [3.63, 3.8) is 0 Å². The van der Waals surface area contributed by atoms with Gasteiger partial charge in [-0.05, 0) is 37.3 Å². The molecule has 2 atom stereocenters. The number of amides is 1. The molecule has 0 spiro atoms. The lowest BCUT2D eigenvalue weighted by molar-refractivity contribution is -0.119. The molecule has 0 saturated heterocycles. The minimum absolute atomic E-state index is 0.0881. The van der Waals surface area contributed by atoms with Gasteiger partial charge in [-0.15, -0.1) is 0 Å². The van der Waals surface area contributed by atoms with Crippen molar-refractivity contribution in [2.24, 2.45) is 17.3 Å². The number of aromatic nitrogens is 2. The van der Waals surface area contributed by atoms with Gasteiger partial charge in [0, 0.05) is 0 Å². The summed E-state index contributed by atoms with van der Waals surface area (Å²) in [5, 5.41) is 0.492. The van der Waals surface area contributed by atoms with Gasteiger partial charge in [0.25, 0.3) is 5.56 Å². The fourth-order valence-electron chi connectivity index (χ4n) is 3.19. The quantitative estimate of drug-likeness (QED) is 0.886. The normalized spacial score (nSPS) is 21.7. The van der Waals surface area contributed by atoms with Crippen molar-refractivity contribution in [2.75, 3.05) is 5.43 Å². The number of fused-ring (bicyclic) bond motifs is 1. The van der Waals surface area contributed by atoms with Crippen molar-refractivity contribution in [3.8, 4) is 0 Å². The number of hydrogen-bond donors (Lipinski definition) is 1. The van der Waals surface area contributed by atoms with E-state index < -0.39 is 0 Å². The molecular weight excluding hydrogens is 290 g/mol. The first kappa shape index (κ1) is 15.5. The van der Waals surface area contributed by atoms with Crippen LogP contribution in [0.1, 0.15) is 27.7 Å². The third-order valence-corrected chi connectivity index (χ3v) is 4.60. The molecule has 120 valence electrons. The molecule has 1 N–H and O–H groups in total. The summed E-state index contributed by atoms with van der Waals surface area (Å²) in [5.41, 5.74) is 4.17. The molecule has 2 aromatic rings. The molecular formula is C18H21N3O2. The lowest BCUT2D eigenvalue weighted by Crippen LogP contribution is -2.34. The molecule has 1 fully saturated rings. The maximum atomic E-state index is 12.5. The van der Waals surface area contributed by atoms with Gasteiger partial charge in [0.15, 0.2) is 0 Å². The molecule has 3 rings (SSSR count). The lowest BCUT2D eigenvalue weighted by Gasteiger charge is -2.09. The van der Waals surface area contributed by atoms with E-state index in [1.807, 2.05) is 19.9 Å². The monoisotopic (exact) mass is 311 g/mol. The molecule has 0 radical (unpaired) electrons. The van der Waals surface area contributed by atoms with E-state index in [1.54, 1.807) is 18.2 Å². The predicted molar refractivity (Wildman–Crippen MR) is 90.6 cm³/mol. The number of para-hydroxylation sites is 1. The summed E-state index contributed by atoms with van der Waals surface area (Å²) in [4.78, 5) is 29.2. The highest BCUT2D eigenvalue weighted by Gasteiger charge is 2.60. The van der Waals surface area contributed by atoms with Crippen LogP contribution in [-0.2, 0) is 4.79 Å². The molecule has 0 aliphatic heterocycles. The topological polar surface area (TPSA) is 64.0 Å². The Morgan fingerprint density at radius 3 is 2.70 bits per heavy atom. The molecule has 1 aromatic carbocycles. The highest BCUT2D eigenvalue weighted by Crippen LogP contribution is 2.59. The van der Waals surface area contributed by atoms with E-state index in [0.717, 1.165) is 0 Å². The molecule has 5 nitrogen and oxygen atoms in total. The van der Waals surface area contributed by atoms with Gasteiger partial charge in [0.1, 0.15) is 6.33 Å². The summed E-state index contributed by atoms with van der Waals surface area (Å²) < 4.78 is 1.18. The van der Waals surface area contributed by atoms with Crippen molar-refractivity contribution >= 4 is 16.8 Å². The van der Waals surface area contributed by atoms with Gasteiger partial charge in [0.05, 0.1) is 16.8 Å². The predicted octanol–water partition coefficient (Wildman–Crippen LogP) is 2.71. The van der Waals surface area contributed by atoms with Crippen LogP contribution in [0, 0.1) is 17.3 Å². The molecule has 1 amide bonds. The van der Waals surface area contributed by atoms with Crippen LogP contribution in [0.15, 0.2) is 47.0 Å². The van der Waals surface area contributed by atoms with Gasteiger partial charge in [-0.2, -0.15) is 0 Å². The third-order valence-electron chi connectivity index (χ3n) is 4.60. The van der Waals surface area contributed by atoms with Crippen molar-refractivity contribution in [2.45, 2.75) is 27.7 Å². The second-order valence-electron chi connectivity index (χ2n) is 6.98. The molecule has 23 heavy (non-hydrogen) atoms. The largest absolute Gasteiger partial charge is 0.280 e. The Kier molecular flexibility index (Phi) is 3.59. The van der Waals surface area contributed by atoms with Crippen LogP contribution in [0.25, 0.3) is 10.9 Å². The SMILES string of the molecule is CC(C)=CC1C(C(=O)Nn2cnc3ccccc3c2=O)C1(C)C. The van der Waals surface area contributed by atoms with Gasteiger partial charge in [-0.1, -0.05) is 37.6 Å². The molecule has 1 saturated carbocycles. The first-order chi connectivity index (χ1) is 10.8. The zero-order valence-corrected chi connectivity index (χ0v) is 13.8. The minimum atomic E-state index is -0.263. The van der Waals surface area contributed by atoms with E-state index in [1.165, 1.54) is 16.6 Å². The fourth-order valence-corrected chi connectivity index (χ4v) is 3.19. The van der Waals surface area contributed by atoms with Crippen molar-refractivity contribution in [1.82, 2.24) is 9.66 Å². The fraction of sp³-hybridized carbons (Fsp3) is 0.389. The third kappa shape index (κ3) is 2.67. The van der Waals surface area contributed by atoms with E-state index in [9.17, 15) is 9.59 Å². The van der Waals surface area contributed by atoms with Crippen molar-refractivity contribution in [1.29, 1.82) is 0 Å². The van der Waals surface area contributed by atoms with Crippen LogP contribution in [0.4, 0.5) is 0 Å². The van der Waals surface area contributed by atoms with Gasteiger partial charge < -0.3 is 0 Å². The minimum Gasteiger partial charge on any atom is -0.273 e. The summed E-state index contributed by atoms with van der Waals surface area (Å²) in [7, 11) is 0. The van der Waals surface area contributed by atoms with Gasteiger partial charge >= 0.3 is 0 Å². The van der Waals surface area contributed by atoms with Crippen molar-refractivity contribution < 1.29 is 4.79 Å². The number of allylic oxidation sites excluding steroid dienone is 2. The number of hydrogen-bond acceptors (Lipinski definition) is 3. The molecule has 1 aliphatic carbocycles. The molecule has 1 heterocycles. The number of nitrogens with zero attached hydrogens (tertiary/aromatic N) is 2. The highest BCUT2D eigenvalue weighted by molar-refractivity contribution is 5.90. The second kappa shape index (κ2) is 5.33. The Morgan fingerprint density at radius 1 is 1.30 bits per heavy atom. The Labute approximate surface area is 135 Å². The average Bonchev–Trinajstić information content (AvgIpc) is 3.02. The lowest BCUT2D eigenvalue weighted by atomic mass is 10.1.